The third kappa shape index (κ3) is 3.19. The second kappa shape index (κ2) is 5.48. The van der Waals surface area contributed by atoms with Crippen LogP contribution in [0.25, 0.3) is 0 Å². The molecule has 3 heteroatoms. The standard InChI is InChI=1S/C13H26N2O/c1-12(2)9-16-8-7-15-6-4-13(11-15)3-5-14-10-13/h12,14H,3-11H2,1-2H3. The third-order valence-corrected chi connectivity index (χ3v) is 3.85. The number of likely N-dealkylation sites (tertiary alicyclic amines) is 1. The fraction of sp³-hybridized carbons (Fsp3) is 1.00. The zero-order valence-electron chi connectivity index (χ0n) is 10.8. The number of hydrogen-bond donors (Lipinski definition) is 1. The van der Waals surface area contributed by atoms with Crippen LogP contribution in [0, 0.1) is 11.3 Å². The van der Waals surface area contributed by atoms with E-state index in [1.807, 2.05) is 0 Å². The minimum atomic E-state index is 0.609. The Morgan fingerprint density at radius 2 is 2.25 bits per heavy atom. The van der Waals surface area contributed by atoms with Crippen molar-refractivity contribution in [1.82, 2.24) is 10.2 Å². The van der Waals surface area contributed by atoms with Gasteiger partial charge in [0.05, 0.1) is 6.61 Å². The van der Waals surface area contributed by atoms with E-state index in [2.05, 4.69) is 24.1 Å². The van der Waals surface area contributed by atoms with Crippen molar-refractivity contribution < 1.29 is 4.74 Å². The van der Waals surface area contributed by atoms with Crippen LogP contribution in [0.2, 0.25) is 0 Å². The molecule has 0 aromatic heterocycles. The van der Waals surface area contributed by atoms with Crippen molar-refractivity contribution in [2.24, 2.45) is 11.3 Å². The molecule has 0 bridgehead atoms. The molecule has 0 radical (unpaired) electrons. The van der Waals surface area contributed by atoms with Gasteiger partial charge in [-0.2, -0.15) is 0 Å². The van der Waals surface area contributed by atoms with Gasteiger partial charge in [0, 0.05) is 26.2 Å². The highest BCUT2D eigenvalue weighted by molar-refractivity contribution is 4.95. The second-order valence-electron chi connectivity index (χ2n) is 5.92. The smallest absolute Gasteiger partial charge is 0.0593 e. The van der Waals surface area contributed by atoms with Crippen molar-refractivity contribution in [3.8, 4) is 0 Å². The zero-order chi connectivity index (χ0) is 11.4. The Kier molecular flexibility index (Phi) is 4.22. The van der Waals surface area contributed by atoms with Crippen LogP contribution in [0.5, 0.6) is 0 Å². The lowest BCUT2D eigenvalue weighted by molar-refractivity contribution is 0.0886. The Balaban J connectivity index is 1.61. The maximum absolute atomic E-state index is 5.65. The number of rotatable bonds is 5. The Hall–Kier alpha value is -0.120. The maximum atomic E-state index is 5.65. The highest BCUT2D eigenvalue weighted by Gasteiger charge is 2.39. The summed E-state index contributed by atoms with van der Waals surface area (Å²) in [7, 11) is 0. The average Bonchev–Trinajstić information content (AvgIpc) is 2.85. The van der Waals surface area contributed by atoms with E-state index in [1.165, 1.54) is 39.0 Å². The Morgan fingerprint density at radius 3 is 2.94 bits per heavy atom. The summed E-state index contributed by atoms with van der Waals surface area (Å²) in [5.74, 6) is 0.656. The minimum Gasteiger partial charge on any atom is -0.380 e. The lowest BCUT2D eigenvalue weighted by Gasteiger charge is -2.22. The Labute approximate surface area is 99.5 Å². The monoisotopic (exact) mass is 226 g/mol. The molecule has 0 aromatic rings. The minimum absolute atomic E-state index is 0.609. The van der Waals surface area contributed by atoms with Crippen LogP contribution >= 0.6 is 0 Å². The van der Waals surface area contributed by atoms with Gasteiger partial charge in [-0.25, -0.2) is 0 Å². The van der Waals surface area contributed by atoms with E-state index in [0.29, 0.717) is 11.3 Å². The fourth-order valence-electron chi connectivity index (χ4n) is 2.88. The van der Waals surface area contributed by atoms with E-state index in [-0.39, 0.29) is 0 Å². The molecule has 0 saturated carbocycles. The molecule has 1 N–H and O–H groups in total. The lowest BCUT2D eigenvalue weighted by Crippen LogP contribution is -2.31. The number of nitrogens with one attached hydrogen (secondary N) is 1. The van der Waals surface area contributed by atoms with Gasteiger partial charge in [0.1, 0.15) is 0 Å². The number of ether oxygens (including phenoxy) is 1. The van der Waals surface area contributed by atoms with Gasteiger partial charge in [0.25, 0.3) is 0 Å². The predicted octanol–water partition coefficient (Wildman–Crippen LogP) is 1.34. The molecule has 94 valence electrons. The third-order valence-electron chi connectivity index (χ3n) is 3.85. The molecule has 2 heterocycles. The van der Waals surface area contributed by atoms with Crippen molar-refractivity contribution in [3.63, 3.8) is 0 Å². The summed E-state index contributed by atoms with van der Waals surface area (Å²) in [4.78, 5) is 2.58. The first-order chi connectivity index (χ1) is 7.70. The average molecular weight is 226 g/mol. The molecule has 1 spiro atoms. The molecule has 3 nitrogen and oxygen atoms in total. The van der Waals surface area contributed by atoms with Gasteiger partial charge < -0.3 is 15.0 Å². The molecule has 1 atom stereocenters. The summed E-state index contributed by atoms with van der Waals surface area (Å²) in [6.07, 6.45) is 2.75. The summed E-state index contributed by atoms with van der Waals surface area (Å²) in [5, 5.41) is 3.50. The van der Waals surface area contributed by atoms with E-state index in [1.54, 1.807) is 0 Å². The topological polar surface area (TPSA) is 24.5 Å². The predicted molar refractivity (Wildman–Crippen MR) is 66.6 cm³/mol. The van der Waals surface area contributed by atoms with E-state index in [9.17, 15) is 0 Å². The number of nitrogens with zero attached hydrogens (tertiary/aromatic N) is 1. The molecular formula is C13H26N2O. The summed E-state index contributed by atoms with van der Waals surface area (Å²) >= 11 is 0. The first-order valence-electron chi connectivity index (χ1n) is 6.71. The van der Waals surface area contributed by atoms with Crippen LogP contribution in [-0.2, 0) is 4.74 Å². The largest absolute Gasteiger partial charge is 0.380 e. The van der Waals surface area contributed by atoms with Crippen LogP contribution < -0.4 is 5.32 Å². The van der Waals surface area contributed by atoms with Crippen LogP contribution in [0.3, 0.4) is 0 Å². The molecule has 16 heavy (non-hydrogen) atoms. The fourth-order valence-corrected chi connectivity index (χ4v) is 2.88. The Bertz CT molecular complexity index is 212. The molecule has 2 aliphatic rings. The van der Waals surface area contributed by atoms with Gasteiger partial charge in [0.2, 0.25) is 0 Å². The molecule has 0 amide bonds. The van der Waals surface area contributed by atoms with Gasteiger partial charge in [-0.3, -0.25) is 0 Å². The van der Waals surface area contributed by atoms with E-state index in [0.717, 1.165) is 19.8 Å². The lowest BCUT2D eigenvalue weighted by atomic mass is 9.87. The molecule has 0 aliphatic carbocycles. The summed E-state index contributed by atoms with van der Waals surface area (Å²) in [6.45, 7) is 12.3. The van der Waals surface area contributed by atoms with Gasteiger partial charge in [0.15, 0.2) is 0 Å². The van der Waals surface area contributed by atoms with Gasteiger partial charge in [-0.15, -0.1) is 0 Å². The molecule has 2 saturated heterocycles. The van der Waals surface area contributed by atoms with Crippen LogP contribution in [0.15, 0.2) is 0 Å². The first kappa shape index (κ1) is 12.3. The normalized spacial score (nSPS) is 30.9. The highest BCUT2D eigenvalue weighted by atomic mass is 16.5. The summed E-state index contributed by atoms with van der Waals surface area (Å²) in [5.41, 5.74) is 0.609. The molecule has 1 unspecified atom stereocenters. The van der Waals surface area contributed by atoms with Crippen LogP contribution in [-0.4, -0.2) is 50.8 Å². The van der Waals surface area contributed by atoms with Crippen LogP contribution in [0.1, 0.15) is 26.7 Å². The quantitative estimate of drug-likeness (QED) is 0.716. The molecule has 2 aliphatic heterocycles. The molecule has 2 rings (SSSR count). The highest BCUT2D eigenvalue weighted by Crippen LogP contribution is 2.35. The summed E-state index contributed by atoms with van der Waals surface area (Å²) < 4.78 is 5.65. The SMILES string of the molecule is CC(C)COCCN1CCC2(CCNC2)C1. The zero-order valence-corrected chi connectivity index (χ0v) is 10.8. The van der Waals surface area contributed by atoms with Gasteiger partial charge in [-0.1, -0.05) is 13.8 Å². The van der Waals surface area contributed by atoms with Crippen molar-refractivity contribution in [2.45, 2.75) is 26.7 Å². The number of hydrogen-bond acceptors (Lipinski definition) is 3. The van der Waals surface area contributed by atoms with Crippen molar-refractivity contribution in [3.05, 3.63) is 0 Å². The first-order valence-corrected chi connectivity index (χ1v) is 6.71. The van der Waals surface area contributed by atoms with E-state index >= 15 is 0 Å². The van der Waals surface area contributed by atoms with Gasteiger partial charge >= 0.3 is 0 Å². The van der Waals surface area contributed by atoms with E-state index in [4.69, 9.17) is 4.74 Å². The van der Waals surface area contributed by atoms with Gasteiger partial charge in [-0.05, 0) is 37.3 Å². The van der Waals surface area contributed by atoms with Crippen LogP contribution in [0.4, 0.5) is 0 Å². The van der Waals surface area contributed by atoms with Crippen molar-refractivity contribution in [1.29, 1.82) is 0 Å². The van der Waals surface area contributed by atoms with Crippen molar-refractivity contribution in [2.75, 3.05) is 45.9 Å². The van der Waals surface area contributed by atoms with Crippen molar-refractivity contribution >= 4 is 0 Å². The second-order valence-corrected chi connectivity index (χ2v) is 5.92. The maximum Gasteiger partial charge on any atom is 0.0593 e. The summed E-state index contributed by atoms with van der Waals surface area (Å²) in [6, 6.07) is 0. The Morgan fingerprint density at radius 1 is 1.38 bits per heavy atom. The van der Waals surface area contributed by atoms with E-state index < -0.39 is 0 Å². The molecule has 2 fully saturated rings. The molecular weight excluding hydrogens is 200 g/mol. The molecule has 0 aromatic carbocycles.